The molecule has 30 heavy (non-hydrogen) atoms. The van der Waals surface area contributed by atoms with Crippen LogP contribution in [0, 0.1) is 0 Å². The summed E-state index contributed by atoms with van der Waals surface area (Å²) in [5.74, 6) is -0.458. The van der Waals surface area contributed by atoms with Gasteiger partial charge in [0.1, 0.15) is 0 Å². The van der Waals surface area contributed by atoms with Crippen LogP contribution >= 0.6 is 0 Å². The Morgan fingerprint density at radius 3 is 1.27 bits per heavy atom. The lowest BCUT2D eigenvalue weighted by Gasteiger charge is -2.06. The van der Waals surface area contributed by atoms with Crippen LogP contribution in [0.4, 0.5) is 0 Å². The van der Waals surface area contributed by atoms with E-state index in [1.165, 1.54) is 0 Å². The molecule has 0 N–H and O–H groups in total. The highest BCUT2D eigenvalue weighted by Crippen LogP contribution is 2.21. The van der Waals surface area contributed by atoms with Gasteiger partial charge in [0.05, 0.1) is 11.1 Å². The normalized spacial score (nSPS) is 10.3. The Morgan fingerprint density at radius 2 is 0.933 bits per heavy atom. The van der Waals surface area contributed by atoms with Crippen LogP contribution < -0.4 is 9.47 Å². The molecule has 4 rings (SSSR count). The zero-order valence-corrected chi connectivity index (χ0v) is 15.8. The average Bonchev–Trinajstić information content (AvgIpc) is 2.80. The summed E-state index contributed by atoms with van der Waals surface area (Å²) in [5.41, 5.74) is 2.63. The monoisotopic (exact) mass is 396 g/mol. The molecule has 0 aliphatic carbocycles. The molecule has 2 aromatic carbocycles. The van der Waals surface area contributed by atoms with Crippen LogP contribution in [-0.4, -0.2) is 21.9 Å². The Morgan fingerprint density at radius 1 is 0.533 bits per heavy atom. The second-order valence-corrected chi connectivity index (χ2v) is 6.27. The maximum atomic E-state index is 12.2. The van der Waals surface area contributed by atoms with E-state index in [9.17, 15) is 9.59 Å². The van der Waals surface area contributed by atoms with Crippen molar-refractivity contribution in [1.29, 1.82) is 0 Å². The van der Waals surface area contributed by atoms with Crippen molar-refractivity contribution in [2.45, 2.75) is 0 Å². The number of aromatic nitrogens is 2. The van der Waals surface area contributed by atoms with Gasteiger partial charge in [-0.25, -0.2) is 19.6 Å². The van der Waals surface area contributed by atoms with Gasteiger partial charge in [-0.2, -0.15) is 0 Å². The van der Waals surface area contributed by atoms with Crippen molar-refractivity contribution in [3.05, 3.63) is 108 Å². The summed E-state index contributed by atoms with van der Waals surface area (Å²) in [5, 5.41) is 0. The molecule has 0 spiro atoms. The highest BCUT2D eigenvalue weighted by molar-refractivity contribution is 5.92. The highest BCUT2D eigenvalue weighted by atomic mass is 16.5. The number of nitrogens with zero attached hydrogens (tertiary/aromatic N) is 2. The molecular weight excluding hydrogens is 380 g/mol. The lowest BCUT2D eigenvalue weighted by molar-refractivity contribution is 0.0717. The highest BCUT2D eigenvalue weighted by Gasteiger charge is 2.11. The van der Waals surface area contributed by atoms with Crippen molar-refractivity contribution >= 4 is 11.9 Å². The molecule has 0 amide bonds. The first-order valence-corrected chi connectivity index (χ1v) is 9.16. The quantitative estimate of drug-likeness (QED) is 0.460. The fourth-order valence-electron chi connectivity index (χ4n) is 2.72. The van der Waals surface area contributed by atoms with Gasteiger partial charge in [-0.3, -0.25) is 0 Å². The van der Waals surface area contributed by atoms with E-state index in [1.54, 1.807) is 73.1 Å². The van der Waals surface area contributed by atoms with Crippen molar-refractivity contribution in [3.8, 4) is 22.9 Å². The molecular formula is C24H16N2O4. The summed E-state index contributed by atoms with van der Waals surface area (Å²) in [6, 6.07) is 24.2. The topological polar surface area (TPSA) is 78.4 Å². The summed E-state index contributed by atoms with van der Waals surface area (Å²) >= 11 is 0. The smallest absolute Gasteiger partial charge is 0.344 e. The maximum absolute atomic E-state index is 12.2. The van der Waals surface area contributed by atoms with E-state index in [0.717, 1.165) is 11.1 Å². The van der Waals surface area contributed by atoms with Crippen LogP contribution in [0.25, 0.3) is 11.1 Å². The van der Waals surface area contributed by atoms with Crippen LogP contribution in [0.15, 0.2) is 97.3 Å². The lowest BCUT2D eigenvalue weighted by atomic mass is 10.0. The van der Waals surface area contributed by atoms with Crippen molar-refractivity contribution in [2.75, 3.05) is 0 Å². The molecule has 6 heteroatoms. The predicted octanol–water partition coefficient (Wildman–Crippen LogP) is 4.58. The molecule has 4 aromatic rings. The molecule has 146 valence electrons. The first-order valence-electron chi connectivity index (χ1n) is 9.16. The Hall–Kier alpha value is -4.32. The summed E-state index contributed by atoms with van der Waals surface area (Å²) in [6.07, 6.45) is 3.11. The standard InChI is InChI=1S/C24H16N2O4/c27-23(29-21-5-1-3-15-25-21)19-11-7-17(8-12-19)18-9-13-20(14-10-18)24(28)30-22-6-2-4-16-26-22/h1-16H. The second kappa shape index (κ2) is 8.79. The number of carbonyl (C=O) groups is 2. The minimum absolute atomic E-state index is 0.250. The molecule has 0 bridgehead atoms. The first kappa shape index (κ1) is 19.0. The van der Waals surface area contributed by atoms with Crippen molar-refractivity contribution < 1.29 is 19.1 Å². The fraction of sp³-hybridized carbons (Fsp3) is 0. The molecule has 0 aliphatic rings. The molecule has 2 aromatic heterocycles. The van der Waals surface area contributed by atoms with Crippen molar-refractivity contribution in [3.63, 3.8) is 0 Å². The van der Waals surface area contributed by atoms with E-state index in [2.05, 4.69) is 9.97 Å². The third-order valence-electron chi connectivity index (χ3n) is 4.24. The molecule has 0 saturated heterocycles. The van der Waals surface area contributed by atoms with Gasteiger partial charge >= 0.3 is 11.9 Å². The van der Waals surface area contributed by atoms with Gasteiger partial charge in [-0.05, 0) is 47.5 Å². The van der Waals surface area contributed by atoms with Crippen molar-refractivity contribution in [1.82, 2.24) is 9.97 Å². The van der Waals surface area contributed by atoms with Gasteiger partial charge in [-0.1, -0.05) is 36.4 Å². The summed E-state index contributed by atoms with van der Waals surface area (Å²) in [7, 11) is 0. The third kappa shape index (κ3) is 4.56. The van der Waals surface area contributed by atoms with Gasteiger partial charge in [0, 0.05) is 24.5 Å². The SMILES string of the molecule is O=C(Oc1ccccn1)c1ccc(-c2ccc(C(=O)Oc3ccccn3)cc2)cc1. The zero-order chi connectivity index (χ0) is 20.8. The van der Waals surface area contributed by atoms with E-state index in [4.69, 9.17) is 9.47 Å². The number of hydrogen-bond donors (Lipinski definition) is 0. The zero-order valence-electron chi connectivity index (χ0n) is 15.8. The van der Waals surface area contributed by atoms with Gasteiger partial charge in [0.2, 0.25) is 11.8 Å². The fourth-order valence-corrected chi connectivity index (χ4v) is 2.72. The van der Waals surface area contributed by atoms with Crippen LogP contribution in [0.5, 0.6) is 11.8 Å². The molecule has 0 atom stereocenters. The van der Waals surface area contributed by atoms with E-state index >= 15 is 0 Å². The number of hydrogen-bond acceptors (Lipinski definition) is 6. The molecule has 2 heterocycles. The Balaban J connectivity index is 1.43. The number of carbonyl (C=O) groups excluding carboxylic acids is 2. The number of ether oxygens (including phenoxy) is 2. The Bertz CT molecular complexity index is 1050. The van der Waals surface area contributed by atoms with Crippen LogP contribution in [-0.2, 0) is 0 Å². The minimum Gasteiger partial charge on any atom is -0.404 e. The maximum Gasteiger partial charge on any atom is 0.344 e. The largest absolute Gasteiger partial charge is 0.404 e. The minimum atomic E-state index is -0.479. The third-order valence-corrected chi connectivity index (χ3v) is 4.24. The van der Waals surface area contributed by atoms with Gasteiger partial charge in [0.15, 0.2) is 0 Å². The van der Waals surface area contributed by atoms with Gasteiger partial charge in [0.25, 0.3) is 0 Å². The number of pyridine rings is 2. The second-order valence-electron chi connectivity index (χ2n) is 6.27. The molecule has 6 nitrogen and oxygen atoms in total. The van der Waals surface area contributed by atoms with Crippen LogP contribution in [0.3, 0.4) is 0 Å². The summed E-state index contributed by atoms with van der Waals surface area (Å²) < 4.78 is 10.5. The average molecular weight is 396 g/mol. The van der Waals surface area contributed by atoms with Gasteiger partial charge < -0.3 is 9.47 Å². The Kier molecular flexibility index (Phi) is 5.57. The first-order chi connectivity index (χ1) is 14.7. The summed E-state index contributed by atoms with van der Waals surface area (Å²) in [4.78, 5) is 32.4. The molecule has 0 fully saturated rings. The van der Waals surface area contributed by atoms with Crippen LogP contribution in [0.1, 0.15) is 20.7 Å². The van der Waals surface area contributed by atoms with E-state index < -0.39 is 11.9 Å². The van der Waals surface area contributed by atoms with Crippen LogP contribution in [0.2, 0.25) is 0 Å². The summed E-state index contributed by atoms with van der Waals surface area (Å²) in [6.45, 7) is 0. The number of esters is 2. The number of benzene rings is 2. The molecule has 0 saturated carbocycles. The Labute approximate surface area is 172 Å². The lowest BCUT2D eigenvalue weighted by Crippen LogP contribution is -2.09. The molecule has 0 aliphatic heterocycles. The van der Waals surface area contributed by atoms with E-state index in [0.29, 0.717) is 11.1 Å². The van der Waals surface area contributed by atoms with E-state index in [-0.39, 0.29) is 11.8 Å². The van der Waals surface area contributed by atoms with E-state index in [1.807, 2.05) is 24.3 Å². The number of rotatable bonds is 5. The molecule has 0 unspecified atom stereocenters. The predicted molar refractivity (Wildman–Crippen MR) is 110 cm³/mol. The van der Waals surface area contributed by atoms with Gasteiger partial charge in [-0.15, -0.1) is 0 Å². The van der Waals surface area contributed by atoms with Crippen molar-refractivity contribution in [2.24, 2.45) is 0 Å². The molecule has 0 radical (unpaired) electrons.